The van der Waals surface area contributed by atoms with Crippen LogP contribution in [0.1, 0.15) is 27.0 Å². The predicted octanol–water partition coefficient (Wildman–Crippen LogP) is 3.68. The monoisotopic (exact) mass is 271 g/mol. The minimum atomic E-state index is -1.06. The number of carboxylic acids is 1. The number of rotatable bonds is 3. The Morgan fingerprint density at radius 1 is 1.10 bits per heavy atom. The highest BCUT2D eigenvalue weighted by Gasteiger charge is 2.13. The minimum Gasteiger partial charge on any atom is -0.478 e. The maximum atomic E-state index is 11.2. The topological polar surface area (TPSA) is 72.5 Å². The maximum Gasteiger partial charge on any atom is 0.337 e. The van der Waals surface area contributed by atoms with E-state index in [2.05, 4.69) is 0 Å². The molecule has 4 nitrogen and oxygen atoms in total. The third-order valence-electron chi connectivity index (χ3n) is 3.15. The fourth-order valence-corrected chi connectivity index (χ4v) is 2.04. The van der Waals surface area contributed by atoms with E-state index in [1.807, 2.05) is 32.0 Å². The number of hydrogen-bond acceptors (Lipinski definition) is 3. The number of nitrogen functional groups attached to an aromatic ring is 1. The van der Waals surface area contributed by atoms with Gasteiger partial charge in [0, 0.05) is 5.69 Å². The molecule has 0 aliphatic carbocycles. The Morgan fingerprint density at radius 3 is 2.40 bits per heavy atom. The van der Waals surface area contributed by atoms with Crippen LogP contribution < -0.4 is 10.5 Å². The Morgan fingerprint density at radius 2 is 1.80 bits per heavy atom. The van der Waals surface area contributed by atoms with Gasteiger partial charge >= 0.3 is 5.97 Å². The molecule has 20 heavy (non-hydrogen) atoms. The van der Waals surface area contributed by atoms with Crippen LogP contribution in [0.5, 0.6) is 11.5 Å². The lowest BCUT2D eigenvalue weighted by atomic mass is 10.1. The molecule has 0 saturated carbocycles. The number of carboxylic acid groups (broad SMARTS) is 1. The van der Waals surface area contributed by atoms with Crippen molar-refractivity contribution in [3.05, 3.63) is 52.6 Å². The van der Waals surface area contributed by atoms with Crippen LogP contribution in [0.4, 0.5) is 5.69 Å². The average molecular weight is 271 g/mol. The Hall–Kier alpha value is -2.49. The summed E-state index contributed by atoms with van der Waals surface area (Å²) in [6, 6.07) is 9.02. The van der Waals surface area contributed by atoms with Gasteiger partial charge in [-0.05, 0) is 50.1 Å². The lowest BCUT2D eigenvalue weighted by Crippen LogP contribution is -2.04. The third kappa shape index (κ3) is 2.74. The van der Waals surface area contributed by atoms with E-state index in [0.29, 0.717) is 17.1 Å². The molecule has 0 aromatic heterocycles. The molecule has 0 heterocycles. The van der Waals surface area contributed by atoms with Crippen LogP contribution in [0.15, 0.2) is 30.3 Å². The van der Waals surface area contributed by atoms with E-state index < -0.39 is 5.97 Å². The number of aromatic carboxylic acids is 1. The van der Waals surface area contributed by atoms with Gasteiger partial charge < -0.3 is 15.6 Å². The van der Waals surface area contributed by atoms with Gasteiger partial charge in [0.15, 0.2) is 0 Å². The summed E-state index contributed by atoms with van der Waals surface area (Å²) in [6.45, 7) is 5.72. The van der Waals surface area contributed by atoms with Crippen molar-refractivity contribution in [1.29, 1.82) is 0 Å². The molecule has 104 valence electrons. The van der Waals surface area contributed by atoms with Gasteiger partial charge in [-0.1, -0.05) is 17.7 Å². The molecule has 2 rings (SSSR count). The molecule has 0 fully saturated rings. The zero-order valence-corrected chi connectivity index (χ0v) is 11.7. The van der Waals surface area contributed by atoms with E-state index in [4.69, 9.17) is 15.6 Å². The highest BCUT2D eigenvalue weighted by atomic mass is 16.5. The first kappa shape index (κ1) is 13.9. The van der Waals surface area contributed by atoms with Crippen molar-refractivity contribution in [2.24, 2.45) is 0 Å². The quantitative estimate of drug-likeness (QED) is 0.835. The van der Waals surface area contributed by atoms with Crippen molar-refractivity contribution >= 4 is 11.7 Å². The summed E-state index contributed by atoms with van der Waals surface area (Å²) < 4.78 is 5.77. The predicted molar refractivity (Wildman–Crippen MR) is 78.5 cm³/mol. The Balaban J connectivity index is 2.41. The second-order valence-electron chi connectivity index (χ2n) is 4.88. The summed E-state index contributed by atoms with van der Waals surface area (Å²) in [6.07, 6.45) is 0. The van der Waals surface area contributed by atoms with Crippen LogP contribution in [0.3, 0.4) is 0 Å². The number of benzene rings is 2. The molecule has 0 unspecified atom stereocenters. The summed E-state index contributed by atoms with van der Waals surface area (Å²) in [4.78, 5) is 11.2. The molecule has 4 heteroatoms. The van der Waals surface area contributed by atoms with Crippen LogP contribution in [0, 0.1) is 20.8 Å². The van der Waals surface area contributed by atoms with Crippen molar-refractivity contribution in [1.82, 2.24) is 0 Å². The Labute approximate surface area is 117 Å². The molecular formula is C16H17NO3. The van der Waals surface area contributed by atoms with E-state index in [9.17, 15) is 4.79 Å². The van der Waals surface area contributed by atoms with Gasteiger partial charge in [-0.15, -0.1) is 0 Å². The highest BCUT2D eigenvalue weighted by molar-refractivity contribution is 5.95. The number of carbonyl (C=O) groups is 1. The van der Waals surface area contributed by atoms with Crippen LogP contribution in [0.2, 0.25) is 0 Å². The molecule has 0 bridgehead atoms. The lowest BCUT2D eigenvalue weighted by molar-refractivity contribution is 0.0697. The maximum absolute atomic E-state index is 11.2. The second-order valence-corrected chi connectivity index (χ2v) is 4.88. The van der Waals surface area contributed by atoms with Crippen molar-refractivity contribution < 1.29 is 14.6 Å². The summed E-state index contributed by atoms with van der Waals surface area (Å²) in [5.74, 6) is 0.119. The number of nitrogens with two attached hydrogens (primary N) is 1. The Bertz CT molecular complexity index is 678. The fourth-order valence-electron chi connectivity index (χ4n) is 2.04. The second kappa shape index (κ2) is 5.25. The van der Waals surface area contributed by atoms with E-state index in [-0.39, 0.29) is 11.3 Å². The molecule has 0 saturated heterocycles. The normalized spacial score (nSPS) is 10.3. The van der Waals surface area contributed by atoms with Crippen LogP contribution in [-0.2, 0) is 0 Å². The van der Waals surface area contributed by atoms with Gasteiger partial charge in [-0.25, -0.2) is 4.79 Å². The highest BCUT2D eigenvalue weighted by Crippen LogP contribution is 2.30. The molecule has 0 aliphatic heterocycles. The molecule has 0 aliphatic rings. The fraction of sp³-hybridized carbons (Fsp3) is 0.188. The molecule has 3 N–H and O–H groups in total. The van der Waals surface area contributed by atoms with Crippen molar-refractivity contribution in [3.8, 4) is 11.5 Å². The molecular weight excluding hydrogens is 254 g/mol. The van der Waals surface area contributed by atoms with E-state index in [1.54, 1.807) is 13.0 Å². The van der Waals surface area contributed by atoms with Gasteiger partial charge in [0.2, 0.25) is 0 Å². The lowest BCUT2D eigenvalue weighted by Gasteiger charge is -2.12. The van der Waals surface area contributed by atoms with Gasteiger partial charge in [0.25, 0.3) is 0 Å². The standard InChI is InChI=1S/C16H17NO3/c1-9-4-5-14(10(2)6-9)20-12-7-11(3)15(17)13(8-12)16(18)19/h4-8H,17H2,1-3H3,(H,18,19). The minimum absolute atomic E-state index is 0.0600. The average Bonchev–Trinajstić information content (AvgIpc) is 2.36. The summed E-state index contributed by atoms with van der Waals surface area (Å²) in [5, 5.41) is 9.14. The SMILES string of the molecule is Cc1ccc(Oc2cc(C)c(N)c(C(=O)O)c2)c(C)c1. The molecule has 0 radical (unpaired) electrons. The summed E-state index contributed by atoms with van der Waals surface area (Å²) in [7, 11) is 0. The van der Waals surface area contributed by atoms with Crippen LogP contribution in [0.25, 0.3) is 0 Å². The number of ether oxygens (including phenoxy) is 1. The summed E-state index contributed by atoms with van der Waals surface area (Å²) in [5.41, 5.74) is 8.92. The van der Waals surface area contributed by atoms with Gasteiger partial charge in [-0.2, -0.15) is 0 Å². The largest absolute Gasteiger partial charge is 0.478 e. The first-order chi connectivity index (χ1) is 9.38. The van der Waals surface area contributed by atoms with E-state index in [1.165, 1.54) is 6.07 Å². The zero-order valence-electron chi connectivity index (χ0n) is 11.7. The van der Waals surface area contributed by atoms with Gasteiger partial charge in [0.05, 0.1) is 5.56 Å². The first-order valence-corrected chi connectivity index (χ1v) is 6.27. The van der Waals surface area contributed by atoms with Crippen molar-refractivity contribution in [3.63, 3.8) is 0 Å². The van der Waals surface area contributed by atoms with E-state index >= 15 is 0 Å². The molecule has 0 spiro atoms. The van der Waals surface area contributed by atoms with Gasteiger partial charge in [-0.3, -0.25) is 0 Å². The zero-order chi connectivity index (χ0) is 14.9. The van der Waals surface area contributed by atoms with Crippen molar-refractivity contribution in [2.75, 3.05) is 5.73 Å². The first-order valence-electron chi connectivity index (χ1n) is 6.27. The number of hydrogen-bond donors (Lipinski definition) is 2. The molecule has 2 aromatic rings. The van der Waals surface area contributed by atoms with Crippen LogP contribution in [-0.4, -0.2) is 11.1 Å². The molecule has 2 aromatic carbocycles. The molecule has 0 amide bonds. The molecule has 0 atom stereocenters. The smallest absolute Gasteiger partial charge is 0.337 e. The van der Waals surface area contributed by atoms with Crippen molar-refractivity contribution in [2.45, 2.75) is 20.8 Å². The number of anilines is 1. The third-order valence-corrected chi connectivity index (χ3v) is 3.15. The van der Waals surface area contributed by atoms with Gasteiger partial charge in [0.1, 0.15) is 11.5 Å². The Kier molecular flexibility index (Phi) is 3.66. The summed E-state index contributed by atoms with van der Waals surface area (Å²) >= 11 is 0. The number of aryl methyl sites for hydroxylation is 3. The van der Waals surface area contributed by atoms with Crippen LogP contribution >= 0.6 is 0 Å². The van der Waals surface area contributed by atoms with E-state index in [0.717, 1.165) is 11.1 Å².